The molecule has 0 spiro atoms. The fourth-order valence-electron chi connectivity index (χ4n) is 3.12. The molecule has 1 atom stereocenters. The molecule has 0 amide bonds. The van der Waals surface area contributed by atoms with Crippen LogP contribution in [-0.4, -0.2) is 46.1 Å². The van der Waals surface area contributed by atoms with Crippen molar-refractivity contribution in [1.29, 1.82) is 5.26 Å². The summed E-state index contributed by atoms with van der Waals surface area (Å²) in [6.07, 6.45) is 0. The number of hydrogen-bond donors (Lipinski definition) is 0. The normalized spacial score (nSPS) is 17.8. The van der Waals surface area contributed by atoms with Gasteiger partial charge in [-0.2, -0.15) is 10.2 Å². The minimum absolute atomic E-state index is 0.0960. The average Bonchev–Trinajstić information content (AvgIpc) is 3.13. The Kier molecular flexibility index (Phi) is 5.40. The topological polar surface area (TPSA) is 69.2 Å². The Bertz CT molecular complexity index is 761. The van der Waals surface area contributed by atoms with Crippen LogP contribution in [-0.2, 0) is 12.0 Å². The Balaban J connectivity index is 1.54. The van der Waals surface area contributed by atoms with E-state index in [0.29, 0.717) is 11.5 Å². The highest BCUT2D eigenvalue weighted by Crippen LogP contribution is 2.24. The van der Waals surface area contributed by atoms with Crippen molar-refractivity contribution in [2.24, 2.45) is 0 Å². The first-order valence-corrected chi connectivity index (χ1v) is 9.16. The number of rotatable bonds is 4. The van der Waals surface area contributed by atoms with Crippen molar-refractivity contribution in [1.82, 2.24) is 19.9 Å². The molecule has 26 heavy (non-hydrogen) atoms. The van der Waals surface area contributed by atoms with Crippen molar-refractivity contribution < 1.29 is 4.52 Å². The standard InChI is InChI=1S/C20H27N5O/c1-15(18-22-19(23-26-18)20(2,3)4)25-11-9-24(10-12-25)14-17-7-5-16(13-21)6-8-17/h5-8,15H,9-12,14H2,1-4H3/t15-/m0/s1. The minimum atomic E-state index is -0.0960. The molecule has 2 heterocycles. The predicted molar refractivity (Wildman–Crippen MR) is 99.4 cm³/mol. The third kappa shape index (κ3) is 4.29. The van der Waals surface area contributed by atoms with Gasteiger partial charge in [-0.05, 0) is 24.6 Å². The van der Waals surface area contributed by atoms with Crippen molar-refractivity contribution >= 4 is 0 Å². The second kappa shape index (κ2) is 7.56. The molecule has 1 aromatic carbocycles. The lowest BCUT2D eigenvalue weighted by Gasteiger charge is -2.36. The number of nitrogens with zero attached hydrogens (tertiary/aromatic N) is 5. The quantitative estimate of drug-likeness (QED) is 0.841. The van der Waals surface area contributed by atoms with Crippen LogP contribution in [0.5, 0.6) is 0 Å². The van der Waals surface area contributed by atoms with E-state index in [0.717, 1.165) is 38.5 Å². The average molecular weight is 353 g/mol. The van der Waals surface area contributed by atoms with Crippen LogP contribution in [0.15, 0.2) is 28.8 Å². The molecule has 0 N–H and O–H groups in total. The summed E-state index contributed by atoms with van der Waals surface area (Å²) in [6.45, 7) is 13.3. The van der Waals surface area contributed by atoms with E-state index in [1.165, 1.54) is 5.56 Å². The summed E-state index contributed by atoms with van der Waals surface area (Å²) in [6, 6.07) is 10.2. The SMILES string of the molecule is C[C@@H](c1nc(C(C)(C)C)no1)N1CCN(Cc2ccc(C#N)cc2)CC1. The second-order valence-electron chi connectivity index (χ2n) is 8.00. The molecular weight excluding hydrogens is 326 g/mol. The molecule has 6 nitrogen and oxygen atoms in total. The first kappa shape index (κ1) is 18.6. The van der Waals surface area contributed by atoms with Crippen LogP contribution in [0.3, 0.4) is 0 Å². The first-order valence-electron chi connectivity index (χ1n) is 9.16. The largest absolute Gasteiger partial charge is 0.338 e. The molecule has 1 saturated heterocycles. The van der Waals surface area contributed by atoms with Crippen LogP contribution in [0.25, 0.3) is 0 Å². The smallest absolute Gasteiger partial charge is 0.243 e. The van der Waals surface area contributed by atoms with Gasteiger partial charge in [0.25, 0.3) is 0 Å². The van der Waals surface area contributed by atoms with E-state index in [2.05, 4.69) is 53.7 Å². The van der Waals surface area contributed by atoms with Gasteiger partial charge < -0.3 is 4.52 Å². The highest BCUT2D eigenvalue weighted by Gasteiger charge is 2.28. The Hall–Kier alpha value is -2.23. The van der Waals surface area contributed by atoms with Gasteiger partial charge in [-0.1, -0.05) is 38.1 Å². The Labute approximate surface area is 155 Å². The lowest BCUT2D eigenvalue weighted by atomic mass is 9.96. The van der Waals surface area contributed by atoms with Gasteiger partial charge in [0.1, 0.15) is 0 Å². The highest BCUT2D eigenvalue weighted by atomic mass is 16.5. The number of benzene rings is 1. The van der Waals surface area contributed by atoms with E-state index >= 15 is 0 Å². The van der Waals surface area contributed by atoms with Crippen LogP contribution in [0.4, 0.5) is 0 Å². The number of piperazine rings is 1. The summed E-state index contributed by atoms with van der Waals surface area (Å²) in [4.78, 5) is 9.44. The third-order valence-electron chi connectivity index (χ3n) is 4.91. The highest BCUT2D eigenvalue weighted by molar-refractivity contribution is 5.31. The van der Waals surface area contributed by atoms with Crippen LogP contribution in [0.2, 0.25) is 0 Å². The van der Waals surface area contributed by atoms with Crippen molar-refractivity contribution in [3.05, 3.63) is 47.1 Å². The maximum Gasteiger partial charge on any atom is 0.243 e. The van der Waals surface area contributed by atoms with E-state index in [4.69, 9.17) is 9.78 Å². The predicted octanol–water partition coefficient (Wildman–Crippen LogP) is 3.12. The Morgan fingerprint density at radius 1 is 1.15 bits per heavy atom. The van der Waals surface area contributed by atoms with E-state index in [9.17, 15) is 0 Å². The summed E-state index contributed by atoms with van der Waals surface area (Å²) < 4.78 is 5.51. The summed E-state index contributed by atoms with van der Waals surface area (Å²) in [7, 11) is 0. The zero-order chi connectivity index (χ0) is 18.7. The molecule has 0 radical (unpaired) electrons. The van der Waals surface area contributed by atoms with Crippen LogP contribution >= 0.6 is 0 Å². The Morgan fingerprint density at radius 2 is 1.81 bits per heavy atom. The monoisotopic (exact) mass is 353 g/mol. The molecule has 1 aliphatic rings. The molecule has 1 aromatic heterocycles. The van der Waals surface area contributed by atoms with Crippen molar-refractivity contribution in [3.8, 4) is 6.07 Å². The zero-order valence-corrected chi connectivity index (χ0v) is 16.1. The lowest BCUT2D eigenvalue weighted by molar-refractivity contribution is 0.0845. The molecule has 1 aliphatic heterocycles. The van der Waals surface area contributed by atoms with Gasteiger partial charge in [0.2, 0.25) is 5.89 Å². The summed E-state index contributed by atoms with van der Waals surface area (Å²) in [5, 5.41) is 13.0. The molecule has 3 rings (SSSR count). The van der Waals surface area contributed by atoms with E-state index in [-0.39, 0.29) is 11.5 Å². The minimum Gasteiger partial charge on any atom is -0.338 e. The molecule has 1 fully saturated rings. The van der Waals surface area contributed by atoms with Gasteiger partial charge in [-0.3, -0.25) is 9.80 Å². The van der Waals surface area contributed by atoms with Crippen molar-refractivity contribution in [3.63, 3.8) is 0 Å². The Morgan fingerprint density at radius 3 is 2.35 bits per heavy atom. The van der Waals surface area contributed by atoms with Gasteiger partial charge in [0.05, 0.1) is 17.7 Å². The molecule has 2 aromatic rings. The van der Waals surface area contributed by atoms with Crippen molar-refractivity contribution in [2.75, 3.05) is 26.2 Å². The van der Waals surface area contributed by atoms with Gasteiger partial charge in [-0.15, -0.1) is 0 Å². The maximum absolute atomic E-state index is 8.89. The van der Waals surface area contributed by atoms with E-state index < -0.39 is 0 Å². The number of nitriles is 1. The van der Waals surface area contributed by atoms with Gasteiger partial charge in [0.15, 0.2) is 5.82 Å². The fourth-order valence-corrected chi connectivity index (χ4v) is 3.12. The molecular formula is C20H27N5O. The number of hydrogen-bond acceptors (Lipinski definition) is 6. The fraction of sp³-hybridized carbons (Fsp3) is 0.550. The first-order chi connectivity index (χ1) is 12.4. The second-order valence-corrected chi connectivity index (χ2v) is 8.00. The van der Waals surface area contributed by atoms with Crippen LogP contribution < -0.4 is 0 Å². The molecule has 0 bridgehead atoms. The van der Waals surface area contributed by atoms with Gasteiger partial charge in [0, 0.05) is 38.1 Å². The summed E-state index contributed by atoms with van der Waals surface area (Å²) in [5.74, 6) is 1.47. The molecule has 0 unspecified atom stereocenters. The van der Waals surface area contributed by atoms with Crippen LogP contribution in [0.1, 0.15) is 56.6 Å². The summed E-state index contributed by atoms with van der Waals surface area (Å²) in [5.41, 5.74) is 1.86. The van der Waals surface area contributed by atoms with Gasteiger partial charge in [-0.25, -0.2) is 0 Å². The van der Waals surface area contributed by atoms with E-state index in [1.54, 1.807) is 0 Å². The van der Waals surface area contributed by atoms with Crippen LogP contribution in [0, 0.1) is 11.3 Å². The zero-order valence-electron chi connectivity index (χ0n) is 16.1. The number of aromatic nitrogens is 2. The molecule has 0 saturated carbocycles. The molecule has 0 aliphatic carbocycles. The molecule has 6 heteroatoms. The summed E-state index contributed by atoms with van der Waals surface area (Å²) >= 11 is 0. The maximum atomic E-state index is 8.89. The molecule has 138 valence electrons. The van der Waals surface area contributed by atoms with E-state index in [1.807, 2.05) is 24.3 Å². The third-order valence-corrected chi connectivity index (χ3v) is 4.91. The van der Waals surface area contributed by atoms with Gasteiger partial charge >= 0.3 is 0 Å². The lowest BCUT2D eigenvalue weighted by Crippen LogP contribution is -2.46. The van der Waals surface area contributed by atoms with Crippen molar-refractivity contribution in [2.45, 2.75) is 45.7 Å².